The molecule has 4 rings (SSSR count). The number of piperazine rings is 1. The summed E-state index contributed by atoms with van der Waals surface area (Å²) in [6, 6.07) is 1.09. The van der Waals surface area contributed by atoms with Gasteiger partial charge in [0, 0.05) is 37.6 Å². The average Bonchev–Trinajstić information content (AvgIpc) is 2.94. The zero-order chi connectivity index (χ0) is 14.4. The minimum absolute atomic E-state index is 0.439. The van der Waals surface area contributed by atoms with Crippen LogP contribution in [0.3, 0.4) is 0 Å². The third-order valence-electron chi connectivity index (χ3n) is 4.83. The molecule has 6 heteroatoms. The van der Waals surface area contributed by atoms with Crippen LogP contribution in [0.4, 0.5) is 11.6 Å². The second-order valence-electron chi connectivity index (χ2n) is 6.29. The van der Waals surface area contributed by atoms with Gasteiger partial charge in [0.25, 0.3) is 0 Å². The van der Waals surface area contributed by atoms with Crippen LogP contribution < -0.4 is 10.6 Å². The van der Waals surface area contributed by atoms with E-state index in [1.807, 2.05) is 23.0 Å². The Morgan fingerprint density at radius 3 is 3.10 bits per heavy atom. The molecule has 2 aliphatic rings. The molecule has 0 bridgehead atoms. The Bertz CT molecular complexity index is 651. The van der Waals surface area contributed by atoms with Crippen molar-refractivity contribution in [3.8, 4) is 0 Å². The van der Waals surface area contributed by atoms with Crippen LogP contribution in [0.15, 0.2) is 18.6 Å². The highest BCUT2D eigenvalue weighted by atomic mass is 15.3. The van der Waals surface area contributed by atoms with E-state index in [1.54, 1.807) is 0 Å². The third kappa shape index (κ3) is 2.14. The molecule has 112 valence electrons. The number of anilines is 2. The van der Waals surface area contributed by atoms with Crippen LogP contribution in [-0.4, -0.2) is 51.0 Å². The standard InChI is InChI=1S/C15H22N6/c1-11-8-19-6-3-2-4-12(19)9-21(11)15-14-17-5-7-20(14)10-13(16)18-15/h5,7,10-12H,2-4,6,8-9,16H2,1H3. The zero-order valence-electron chi connectivity index (χ0n) is 12.4. The van der Waals surface area contributed by atoms with Gasteiger partial charge in [0.1, 0.15) is 5.82 Å². The minimum Gasteiger partial charge on any atom is -0.382 e. The molecule has 0 radical (unpaired) electrons. The van der Waals surface area contributed by atoms with E-state index < -0.39 is 0 Å². The Morgan fingerprint density at radius 2 is 2.19 bits per heavy atom. The minimum atomic E-state index is 0.439. The fraction of sp³-hybridized carbons (Fsp3) is 0.600. The Hall–Kier alpha value is -1.82. The smallest absolute Gasteiger partial charge is 0.180 e. The van der Waals surface area contributed by atoms with Crippen molar-refractivity contribution in [3.05, 3.63) is 18.6 Å². The van der Waals surface area contributed by atoms with Gasteiger partial charge < -0.3 is 15.0 Å². The molecule has 4 heterocycles. The first-order valence-corrected chi connectivity index (χ1v) is 7.82. The molecule has 0 spiro atoms. The van der Waals surface area contributed by atoms with Crippen LogP contribution in [0.25, 0.3) is 5.65 Å². The Balaban J connectivity index is 1.72. The molecule has 6 nitrogen and oxygen atoms in total. The Labute approximate surface area is 124 Å². The lowest BCUT2D eigenvalue weighted by Crippen LogP contribution is -2.59. The van der Waals surface area contributed by atoms with Crippen molar-refractivity contribution in [1.29, 1.82) is 0 Å². The van der Waals surface area contributed by atoms with Crippen LogP contribution in [0.1, 0.15) is 26.2 Å². The van der Waals surface area contributed by atoms with Gasteiger partial charge in [-0.2, -0.15) is 0 Å². The van der Waals surface area contributed by atoms with E-state index in [2.05, 4.69) is 26.7 Å². The number of rotatable bonds is 1. The zero-order valence-corrected chi connectivity index (χ0v) is 12.4. The molecule has 2 unspecified atom stereocenters. The van der Waals surface area contributed by atoms with Gasteiger partial charge in [-0.3, -0.25) is 4.90 Å². The molecule has 2 aromatic heterocycles. The van der Waals surface area contributed by atoms with Gasteiger partial charge >= 0.3 is 0 Å². The van der Waals surface area contributed by atoms with Gasteiger partial charge in [-0.05, 0) is 26.3 Å². The summed E-state index contributed by atoms with van der Waals surface area (Å²) in [5.74, 6) is 1.48. The Morgan fingerprint density at radius 1 is 1.29 bits per heavy atom. The highest BCUT2D eigenvalue weighted by Crippen LogP contribution is 2.29. The van der Waals surface area contributed by atoms with Crippen molar-refractivity contribution in [2.45, 2.75) is 38.3 Å². The Kier molecular flexibility index (Phi) is 2.99. The second kappa shape index (κ2) is 4.87. The van der Waals surface area contributed by atoms with Crippen LogP contribution >= 0.6 is 0 Å². The molecule has 2 N–H and O–H groups in total. The van der Waals surface area contributed by atoms with Gasteiger partial charge in [-0.1, -0.05) is 6.42 Å². The maximum Gasteiger partial charge on any atom is 0.180 e. The van der Waals surface area contributed by atoms with Gasteiger partial charge in [0.05, 0.1) is 6.20 Å². The van der Waals surface area contributed by atoms with E-state index in [0.717, 1.165) is 24.6 Å². The molecule has 2 atom stereocenters. The van der Waals surface area contributed by atoms with Gasteiger partial charge in [0.15, 0.2) is 11.5 Å². The summed E-state index contributed by atoms with van der Waals surface area (Å²) in [5, 5.41) is 0. The lowest BCUT2D eigenvalue weighted by atomic mass is 9.97. The largest absolute Gasteiger partial charge is 0.382 e. The normalized spacial score (nSPS) is 27.0. The van der Waals surface area contributed by atoms with E-state index in [4.69, 9.17) is 5.73 Å². The number of imidazole rings is 1. The summed E-state index contributed by atoms with van der Waals surface area (Å²) < 4.78 is 1.97. The summed E-state index contributed by atoms with van der Waals surface area (Å²) in [6.45, 7) is 5.65. The fourth-order valence-corrected chi connectivity index (χ4v) is 3.77. The quantitative estimate of drug-likeness (QED) is 0.858. The molecular formula is C15H22N6. The number of hydrogen-bond donors (Lipinski definition) is 1. The molecule has 2 fully saturated rings. The maximum atomic E-state index is 5.97. The van der Waals surface area contributed by atoms with Crippen molar-refractivity contribution in [2.24, 2.45) is 0 Å². The molecule has 2 aliphatic heterocycles. The number of fused-ring (bicyclic) bond motifs is 2. The van der Waals surface area contributed by atoms with Crippen molar-refractivity contribution in [1.82, 2.24) is 19.3 Å². The molecule has 0 amide bonds. The highest BCUT2D eigenvalue weighted by molar-refractivity contribution is 5.67. The van der Waals surface area contributed by atoms with Crippen LogP contribution in [0.5, 0.6) is 0 Å². The number of nitrogen functional groups attached to an aromatic ring is 1. The van der Waals surface area contributed by atoms with Gasteiger partial charge in [-0.25, -0.2) is 9.97 Å². The first-order chi connectivity index (χ1) is 10.2. The molecule has 0 aliphatic carbocycles. The summed E-state index contributed by atoms with van der Waals surface area (Å²) >= 11 is 0. The molecule has 2 saturated heterocycles. The van der Waals surface area contributed by atoms with E-state index in [0.29, 0.717) is 17.9 Å². The summed E-state index contributed by atoms with van der Waals surface area (Å²) in [4.78, 5) is 14.1. The summed E-state index contributed by atoms with van der Waals surface area (Å²) in [6.07, 6.45) is 9.53. The lowest BCUT2D eigenvalue weighted by molar-refractivity contribution is 0.115. The van der Waals surface area contributed by atoms with Crippen molar-refractivity contribution in [3.63, 3.8) is 0 Å². The first kappa shape index (κ1) is 12.9. The lowest BCUT2D eigenvalue weighted by Gasteiger charge is -2.47. The van der Waals surface area contributed by atoms with Crippen molar-refractivity contribution >= 4 is 17.3 Å². The van der Waals surface area contributed by atoms with E-state index >= 15 is 0 Å². The number of piperidine rings is 1. The topological polar surface area (TPSA) is 62.7 Å². The predicted molar refractivity (Wildman–Crippen MR) is 83.4 cm³/mol. The summed E-state index contributed by atoms with van der Waals surface area (Å²) in [5.41, 5.74) is 6.87. The van der Waals surface area contributed by atoms with Crippen molar-refractivity contribution in [2.75, 3.05) is 30.3 Å². The number of hydrogen-bond acceptors (Lipinski definition) is 5. The number of nitrogens with zero attached hydrogens (tertiary/aromatic N) is 5. The number of aromatic nitrogens is 3. The first-order valence-electron chi connectivity index (χ1n) is 7.82. The fourth-order valence-electron chi connectivity index (χ4n) is 3.77. The van der Waals surface area contributed by atoms with Crippen LogP contribution in [-0.2, 0) is 0 Å². The average molecular weight is 286 g/mol. The van der Waals surface area contributed by atoms with Crippen LogP contribution in [0, 0.1) is 0 Å². The molecule has 0 aromatic carbocycles. The van der Waals surface area contributed by atoms with E-state index in [-0.39, 0.29) is 0 Å². The number of nitrogens with two attached hydrogens (primary N) is 1. The predicted octanol–water partition coefficient (Wildman–Crippen LogP) is 1.37. The van der Waals surface area contributed by atoms with Gasteiger partial charge in [0.2, 0.25) is 0 Å². The molecule has 0 saturated carbocycles. The maximum absolute atomic E-state index is 5.97. The molecular weight excluding hydrogens is 264 g/mol. The third-order valence-corrected chi connectivity index (χ3v) is 4.83. The van der Waals surface area contributed by atoms with E-state index in [1.165, 1.54) is 25.8 Å². The second-order valence-corrected chi connectivity index (χ2v) is 6.29. The molecule has 21 heavy (non-hydrogen) atoms. The monoisotopic (exact) mass is 286 g/mol. The SMILES string of the molecule is CC1CN2CCCCC2CN1c1nc(N)cn2ccnc12. The van der Waals surface area contributed by atoms with E-state index in [9.17, 15) is 0 Å². The highest BCUT2D eigenvalue weighted by Gasteiger charge is 2.34. The van der Waals surface area contributed by atoms with Crippen molar-refractivity contribution < 1.29 is 0 Å². The molecule has 2 aromatic rings. The van der Waals surface area contributed by atoms with Crippen LogP contribution in [0.2, 0.25) is 0 Å². The van der Waals surface area contributed by atoms with Gasteiger partial charge in [-0.15, -0.1) is 0 Å². The summed E-state index contributed by atoms with van der Waals surface area (Å²) in [7, 11) is 0.